The Labute approximate surface area is 235 Å². The third-order valence-corrected chi connectivity index (χ3v) is 7.28. The van der Waals surface area contributed by atoms with E-state index in [2.05, 4.69) is 20.3 Å². The number of urea groups is 1. The lowest BCUT2D eigenvalue weighted by molar-refractivity contribution is -0.137. The molecular weight excluding hydrogens is 528 g/mol. The van der Waals surface area contributed by atoms with Gasteiger partial charge < -0.3 is 20.5 Å². The van der Waals surface area contributed by atoms with E-state index in [0.717, 1.165) is 22.4 Å². The third-order valence-electron chi connectivity index (χ3n) is 6.06. The summed E-state index contributed by atoms with van der Waals surface area (Å²) >= 11 is 0. The summed E-state index contributed by atoms with van der Waals surface area (Å²) in [7, 11) is -0.274. The summed E-state index contributed by atoms with van der Waals surface area (Å²) in [6, 6.07) is 26.3. The van der Waals surface area contributed by atoms with Crippen LogP contribution in [0.15, 0.2) is 102 Å². The van der Waals surface area contributed by atoms with Crippen molar-refractivity contribution in [1.29, 1.82) is 0 Å². The highest BCUT2D eigenvalue weighted by atomic mass is 32.2. The fourth-order valence-corrected chi connectivity index (χ4v) is 5.23. The molecule has 2 amide bonds. The molecule has 2 unspecified atom stereocenters. The normalized spacial score (nSPS) is 12.2. The SMILES string of the molecule is COc1ccc(-c2ccc(NC(=O)NCCc3ccccn3)cc2)cc1S(=O)NC(CC(=O)O)c1ccccc1. The number of hydrogen-bond donors (Lipinski definition) is 4. The molecule has 4 rings (SSSR count). The van der Waals surface area contributed by atoms with Crippen LogP contribution in [0.4, 0.5) is 10.5 Å². The molecule has 0 aliphatic heterocycles. The first-order chi connectivity index (χ1) is 19.4. The molecule has 1 heterocycles. The van der Waals surface area contributed by atoms with Gasteiger partial charge in [0.2, 0.25) is 0 Å². The largest absolute Gasteiger partial charge is 0.495 e. The van der Waals surface area contributed by atoms with Gasteiger partial charge in [0.1, 0.15) is 16.7 Å². The molecule has 206 valence electrons. The van der Waals surface area contributed by atoms with Gasteiger partial charge >= 0.3 is 12.0 Å². The molecule has 0 bridgehead atoms. The van der Waals surface area contributed by atoms with Crippen LogP contribution in [0, 0.1) is 0 Å². The minimum Gasteiger partial charge on any atom is -0.495 e. The number of carbonyl (C=O) groups excluding carboxylic acids is 1. The Morgan fingerprint density at radius 1 is 0.950 bits per heavy atom. The second-order valence-corrected chi connectivity index (χ2v) is 10.1. The zero-order valence-electron chi connectivity index (χ0n) is 21.9. The van der Waals surface area contributed by atoms with Gasteiger partial charge in [0.15, 0.2) is 0 Å². The predicted octanol–water partition coefficient (Wildman–Crippen LogP) is 4.95. The number of carboxylic acids is 1. The number of methoxy groups -OCH3 is 1. The average Bonchev–Trinajstić information content (AvgIpc) is 2.97. The molecule has 9 nitrogen and oxygen atoms in total. The maximum atomic E-state index is 13.4. The standard InChI is InChI=1S/C30H30N4O5S/c1-39-27-15-12-23(19-28(27)40(38)34-26(20-29(35)36)22-7-3-2-4-8-22)21-10-13-25(14-11-21)33-30(37)32-18-16-24-9-5-6-17-31-24/h2-15,17,19,26,34H,16,18,20H2,1H3,(H,35,36)(H2,32,33,37). The lowest BCUT2D eigenvalue weighted by Gasteiger charge is -2.18. The van der Waals surface area contributed by atoms with Crippen LogP contribution in [0.1, 0.15) is 23.7 Å². The first kappa shape index (κ1) is 28.5. The molecule has 0 radical (unpaired) electrons. The molecule has 4 N–H and O–H groups in total. The van der Waals surface area contributed by atoms with Crippen LogP contribution in [0.25, 0.3) is 11.1 Å². The van der Waals surface area contributed by atoms with Gasteiger partial charge in [-0.2, -0.15) is 0 Å². The fraction of sp³-hybridized carbons (Fsp3) is 0.167. The maximum absolute atomic E-state index is 13.4. The highest BCUT2D eigenvalue weighted by Gasteiger charge is 2.21. The molecule has 0 fully saturated rings. The first-order valence-corrected chi connectivity index (χ1v) is 13.8. The van der Waals surface area contributed by atoms with Crippen LogP contribution < -0.4 is 20.1 Å². The molecule has 2 atom stereocenters. The Morgan fingerprint density at radius 3 is 2.35 bits per heavy atom. The summed E-state index contributed by atoms with van der Waals surface area (Å²) in [6.45, 7) is 0.457. The van der Waals surface area contributed by atoms with Gasteiger partial charge in [-0.05, 0) is 53.1 Å². The first-order valence-electron chi connectivity index (χ1n) is 12.6. The molecule has 0 aliphatic carbocycles. The molecule has 1 aromatic heterocycles. The van der Waals surface area contributed by atoms with E-state index < -0.39 is 23.0 Å². The Morgan fingerprint density at radius 2 is 1.68 bits per heavy atom. The van der Waals surface area contributed by atoms with E-state index in [1.807, 2.05) is 42.5 Å². The predicted molar refractivity (Wildman–Crippen MR) is 154 cm³/mol. The minimum absolute atomic E-state index is 0.233. The number of anilines is 1. The highest BCUT2D eigenvalue weighted by molar-refractivity contribution is 7.83. The molecule has 4 aromatic rings. The van der Waals surface area contributed by atoms with Crippen molar-refractivity contribution in [3.8, 4) is 16.9 Å². The van der Waals surface area contributed by atoms with E-state index >= 15 is 0 Å². The van der Waals surface area contributed by atoms with Crippen LogP contribution in [-0.4, -0.2) is 40.0 Å². The lowest BCUT2D eigenvalue weighted by atomic mass is 10.1. The van der Waals surface area contributed by atoms with Crippen LogP contribution in [-0.2, 0) is 22.2 Å². The maximum Gasteiger partial charge on any atom is 0.319 e. The monoisotopic (exact) mass is 558 g/mol. The Hall–Kier alpha value is -4.54. The Bertz CT molecular complexity index is 1450. The van der Waals surface area contributed by atoms with E-state index in [0.29, 0.717) is 29.3 Å². The number of amides is 2. The summed E-state index contributed by atoms with van der Waals surface area (Å²) in [6.07, 6.45) is 2.12. The number of aromatic nitrogens is 1. The second-order valence-electron chi connectivity index (χ2n) is 8.84. The number of pyridine rings is 1. The van der Waals surface area contributed by atoms with Crippen LogP contribution in [0.5, 0.6) is 5.75 Å². The number of nitrogens with zero attached hydrogens (tertiary/aromatic N) is 1. The Balaban J connectivity index is 1.43. The molecule has 0 spiro atoms. The number of carboxylic acid groups (broad SMARTS) is 1. The van der Waals surface area contributed by atoms with Crippen LogP contribution >= 0.6 is 0 Å². The molecular formula is C30H30N4O5S. The fourth-order valence-electron chi connectivity index (χ4n) is 4.05. The van der Waals surface area contributed by atoms with E-state index in [4.69, 9.17) is 4.74 Å². The van der Waals surface area contributed by atoms with Crippen LogP contribution in [0.2, 0.25) is 0 Å². The molecule has 10 heteroatoms. The number of carbonyl (C=O) groups is 2. The minimum atomic E-state index is -1.76. The topological polar surface area (TPSA) is 130 Å². The summed E-state index contributed by atoms with van der Waals surface area (Å²) in [4.78, 5) is 28.4. The van der Waals surface area contributed by atoms with E-state index in [9.17, 15) is 18.9 Å². The summed E-state index contributed by atoms with van der Waals surface area (Å²) in [5, 5.41) is 15.0. The zero-order chi connectivity index (χ0) is 28.3. The molecule has 40 heavy (non-hydrogen) atoms. The van der Waals surface area contributed by atoms with Crippen molar-refractivity contribution in [2.24, 2.45) is 0 Å². The van der Waals surface area contributed by atoms with Gasteiger partial charge in [-0.25, -0.2) is 13.7 Å². The van der Waals surface area contributed by atoms with Crippen LogP contribution in [0.3, 0.4) is 0 Å². The molecule has 3 aromatic carbocycles. The molecule has 0 saturated carbocycles. The number of benzene rings is 3. The van der Waals surface area contributed by atoms with Crippen molar-refractivity contribution in [3.05, 3.63) is 108 Å². The Kier molecular flexibility index (Phi) is 9.98. The summed E-state index contributed by atoms with van der Waals surface area (Å²) < 4.78 is 21.8. The molecule has 0 saturated heterocycles. The van der Waals surface area contributed by atoms with Crippen molar-refractivity contribution in [2.45, 2.75) is 23.8 Å². The zero-order valence-corrected chi connectivity index (χ0v) is 22.7. The van der Waals surface area contributed by atoms with Crippen molar-refractivity contribution in [1.82, 2.24) is 15.0 Å². The highest BCUT2D eigenvalue weighted by Crippen LogP contribution is 2.30. The van der Waals surface area contributed by atoms with E-state index in [1.165, 1.54) is 7.11 Å². The second kappa shape index (κ2) is 14.0. The number of rotatable bonds is 12. The van der Waals surface area contributed by atoms with Crippen molar-refractivity contribution >= 4 is 28.7 Å². The number of hydrogen-bond acceptors (Lipinski definition) is 5. The van der Waals surface area contributed by atoms with Crippen molar-refractivity contribution < 1.29 is 23.6 Å². The van der Waals surface area contributed by atoms with Crippen molar-refractivity contribution in [2.75, 3.05) is 19.0 Å². The molecule has 0 aliphatic rings. The lowest BCUT2D eigenvalue weighted by Crippen LogP contribution is -2.30. The number of nitrogens with one attached hydrogen (secondary N) is 3. The van der Waals surface area contributed by atoms with E-state index in [1.54, 1.807) is 54.7 Å². The van der Waals surface area contributed by atoms with E-state index in [-0.39, 0.29) is 12.5 Å². The van der Waals surface area contributed by atoms with Gasteiger partial charge in [-0.1, -0.05) is 54.6 Å². The van der Waals surface area contributed by atoms with Gasteiger partial charge in [0.25, 0.3) is 0 Å². The number of ether oxygens (including phenoxy) is 1. The average molecular weight is 559 g/mol. The van der Waals surface area contributed by atoms with Gasteiger partial charge in [0.05, 0.1) is 24.5 Å². The third kappa shape index (κ3) is 7.98. The summed E-state index contributed by atoms with van der Waals surface area (Å²) in [5.74, 6) is -0.591. The van der Waals surface area contributed by atoms with Crippen molar-refractivity contribution in [3.63, 3.8) is 0 Å². The van der Waals surface area contributed by atoms with Gasteiger partial charge in [-0.3, -0.25) is 9.78 Å². The van der Waals surface area contributed by atoms with Gasteiger partial charge in [0, 0.05) is 30.5 Å². The van der Waals surface area contributed by atoms with Gasteiger partial charge in [-0.15, -0.1) is 0 Å². The number of aliphatic carboxylic acids is 1. The smallest absolute Gasteiger partial charge is 0.319 e. The quantitative estimate of drug-likeness (QED) is 0.195. The summed E-state index contributed by atoms with van der Waals surface area (Å²) in [5.41, 5.74) is 3.87.